The highest BCUT2D eigenvalue weighted by Crippen LogP contribution is 2.26. The molecule has 2 nitrogen and oxygen atoms in total. The summed E-state index contributed by atoms with van der Waals surface area (Å²) in [6, 6.07) is 10.4. The summed E-state index contributed by atoms with van der Waals surface area (Å²) in [5, 5.41) is 3.53. The minimum Gasteiger partial charge on any atom is -0.359 e. The predicted molar refractivity (Wildman–Crippen MR) is 88.4 cm³/mol. The molecule has 1 N–H and O–H groups in total. The van der Waals surface area contributed by atoms with Crippen molar-refractivity contribution < 1.29 is 0 Å². The van der Waals surface area contributed by atoms with E-state index < -0.39 is 0 Å². The van der Waals surface area contributed by atoms with Gasteiger partial charge in [-0.3, -0.25) is 4.99 Å². The summed E-state index contributed by atoms with van der Waals surface area (Å²) in [6.07, 6.45) is 4.78. The van der Waals surface area contributed by atoms with Crippen molar-refractivity contribution in [2.45, 2.75) is 58.9 Å². The van der Waals surface area contributed by atoms with Crippen molar-refractivity contribution in [3.63, 3.8) is 0 Å². The Balaban J connectivity index is 2.26. The Morgan fingerprint density at radius 2 is 1.70 bits per heavy atom. The summed E-state index contributed by atoms with van der Waals surface area (Å²) in [4.78, 5) is 4.93. The Morgan fingerprint density at radius 1 is 1.05 bits per heavy atom. The van der Waals surface area contributed by atoms with Crippen LogP contribution in [0.4, 0.5) is 5.69 Å². The molecule has 1 aromatic carbocycles. The summed E-state index contributed by atoms with van der Waals surface area (Å²) in [7, 11) is 0. The van der Waals surface area contributed by atoms with Crippen LogP contribution in [-0.2, 0) is 0 Å². The zero-order chi connectivity index (χ0) is 14.6. The highest BCUT2D eigenvalue weighted by Gasteiger charge is 2.19. The molecule has 1 aliphatic carbocycles. The third kappa shape index (κ3) is 4.22. The molecule has 0 saturated heterocycles. The maximum Gasteiger partial charge on any atom is 0.0527 e. The van der Waals surface area contributed by atoms with E-state index in [2.05, 4.69) is 57.3 Å². The van der Waals surface area contributed by atoms with Gasteiger partial charge in [0, 0.05) is 17.1 Å². The first-order chi connectivity index (χ1) is 9.46. The van der Waals surface area contributed by atoms with Gasteiger partial charge in [0.25, 0.3) is 0 Å². The summed E-state index contributed by atoms with van der Waals surface area (Å²) in [6.45, 7) is 8.69. The molecule has 0 atom stereocenters. The summed E-state index contributed by atoms with van der Waals surface area (Å²) >= 11 is 0. The molecule has 20 heavy (non-hydrogen) atoms. The van der Waals surface area contributed by atoms with Gasteiger partial charge in [0.15, 0.2) is 0 Å². The molecule has 0 radical (unpaired) electrons. The standard InChI is InChI=1S/C18H26N2/c1-14(19-15-10-6-5-7-11-15)16-12-8-9-13-17(16)20-18(2,3)4/h5-7,10-11,19H,8-9,12-13H2,1-4H3. The van der Waals surface area contributed by atoms with Gasteiger partial charge in [-0.2, -0.15) is 0 Å². The Morgan fingerprint density at radius 3 is 2.35 bits per heavy atom. The average molecular weight is 270 g/mol. The molecule has 1 aliphatic rings. The molecule has 1 aromatic rings. The average Bonchev–Trinajstić information content (AvgIpc) is 2.38. The fraction of sp³-hybridized carbons (Fsp3) is 0.500. The largest absolute Gasteiger partial charge is 0.359 e. The molecule has 0 heterocycles. The zero-order valence-corrected chi connectivity index (χ0v) is 13.2. The van der Waals surface area contributed by atoms with Crippen molar-refractivity contribution in [2.75, 3.05) is 5.32 Å². The Bertz CT molecular complexity index is 504. The lowest BCUT2D eigenvalue weighted by Gasteiger charge is -2.24. The Hall–Kier alpha value is -1.57. The molecule has 0 aromatic heterocycles. The normalized spacial score (nSPS) is 20.9. The van der Waals surface area contributed by atoms with E-state index in [-0.39, 0.29) is 5.54 Å². The van der Waals surface area contributed by atoms with Crippen molar-refractivity contribution in [2.24, 2.45) is 4.99 Å². The molecule has 2 rings (SSSR count). The van der Waals surface area contributed by atoms with Gasteiger partial charge in [-0.05, 0) is 71.1 Å². The Labute approximate surface area is 123 Å². The van der Waals surface area contributed by atoms with E-state index >= 15 is 0 Å². The van der Waals surface area contributed by atoms with Crippen molar-refractivity contribution >= 4 is 11.4 Å². The molecule has 0 unspecified atom stereocenters. The SMILES string of the molecule is CC(Nc1ccccc1)=C1CCCCC1=NC(C)(C)C. The van der Waals surface area contributed by atoms with Crippen LogP contribution in [0.3, 0.4) is 0 Å². The van der Waals surface area contributed by atoms with E-state index in [0.29, 0.717) is 0 Å². The van der Waals surface area contributed by atoms with E-state index in [1.54, 1.807) is 0 Å². The first-order valence-corrected chi connectivity index (χ1v) is 7.57. The van der Waals surface area contributed by atoms with Gasteiger partial charge >= 0.3 is 0 Å². The van der Waals surface area contributed by atoms with Gasteiger partial charge in [0.1, 0.15) is 0 Å². The molecular formula is C18H26N2. The number of para-hydroxylation sites is 1. The van der Waals surface area contributed by atoms with E-state index in [4.69, 9.17) is 4.99 Å². The first-order valence-electron chi connectivity index (χ1n) is 7.57. The second kappa shape index (κ2) is 6.25. The van der Waals surface area contributed by atoms with Gasteiger partial charge in [0.05, 0.1) is 5.54 Å². The van der Waals surface area contributed by atoms with Gasteiger partial charge in [-0.1, -0.05) is 18.2 Å². The minimum absolute atomic E-state index is 0.00491. The number of hydrogen-bond donors (Lipinski definition) is 1. The van der Waals surface area contributed by atoms with Crippen molar-refractivity contribution in [3.05, 3.63) is 41.6 Å². The molecule has 2 heteroatoms. The van der Waals surface area contributed by atoms with Gasteiger partial charge in [-0.25, -0.2) is 0 Å². The highest BCUT2D eigenvalue weighted by atomic mass is 14.9. The number of rotatable bonds is 2. The van der Waals surface area contributed by atoms with Gasteiger partial charge < -0.3 is 5.32 Å². The predicted octanol–water partition coefficient (Wildman–Crippen LogP) is 5.19. The highest BCUT2D eigenvalue weighted by molar-refractivity contribution is 6.02. The zero-order valence-electron chi connectivity index (χ0n) is 13.2. The number of allylic oxidation sites excluding steroid dienone is 2. The molecule has 1 fully saturated rings. The fourth-order valence-electron chi connectivity index (χ4n) is 2.64. The van der Waals surface area contributed by atoms with Crippen LogP contribution in [-0.4, -0.2) is 11.3 Å². The number of aliphatic imine (C=N–C) groups is 1. The maximum absolute atomic E-state index is 4.93. The van der Waals surface area contributed by atoms with E-state index in [1.165, 1.54) is 29.8 Å². The van der Waals surface area contributed by atoms with Crippen molar-refractivity contribution in [3.8, 4) is 0 Å². The van der Waals surface area contributed by atoms with Gasteiger partial charge in [0.2, 0.25) is 0 Å². The second-order valence-corrected chi connectivity index (χ2v) is 6.53. The lowest BCUT2D eigenvalue weighted by Crippen LogP contribution is -2.20. The van der Waals surface area contributed by atoms with Crippen molar-refractivity contribution in [1.82, 2.24) is 0 Å². The van der Waals surface area contributed by atoms with E-state index in [1.807, 2.05) is 6.07 Å². The summed E-state index contributed by atoms with van der Waals surface area (Å²) in [5.41, 5.74) is 5.11. The lowest BCUT2D eigenvalue weighted by atomic mass is 9.90. The van der Waals surface area contributed by atoms with Crippen molar-refractivity contribution in [1.29, 1.82) is 0 Å². The smallest absolute Gasteiger partial charge is 0.0527 e. The molecule has 108 valence electrons. The van der Waals surface area contributed by atoms with E-state index in [9.17, 15) is 0 Å². The minimum atomic E-state index is 0.00491. The summed E-state index contributed by atoms with van der Waals surface area (Å²) < 4.78 is 0. The number of nitrogens with one attached hydrogen (secondary N) is 1. The van der Waals surface area contributed by atoms with Gasteiger partial charge in [-0.15, -0.1) is 0 Å². The number of hydrogen-bond acceptors (Lipinski definition) is 2. The first kappa shape index (κ1) is 14.8. The van der Waals surface area contributed by atoms with Crippen LogP contribution in [0.1, 0.15) is 53.4 Å². The fourth-order valence-corrected chi connectivity index (χ4v) is 2.64. The molecule has 0 amide bonds. The van der Waals surface area contributed by atoms with E-state index in [0.717, 1.165) is 18.5 Å². The maximum atomic E-state index is 4.93. The molecule has 0 aliphatic heterocycles. The van der Waals surface area contributed by atoms with Crippen LogP contribution in [0.25, 0.3) is 0 Å². The second-order valence-electron chi connectivity index (χ2n) is 6.53. The monoisotopic (exact) mass is 270 g/mol. The van der Waals surface area contributed by atoms with Crippen LogP contribution < -0.4 is 5.32 Å². The third-order valence-electron chi connectivity index (χ3n) is 3.47. The van der Waals surface area contributed by atoms with Crippen LogP contribution in [0.2, 0.25) is 0 Å². The molecule has 0 spiro atoms. The third-order valence-corrected chi connectivity index (χ3v) is 3.47. The van der Waals surface area contributed by atoms with Crippen LogP contribution >= 0.6 is 0 Å². The molecule has 0 bridgehead atoms. The molecular weight excluding hydrogens is 244 g/mol. The van der Waals surface area contributed by atoms with Crippen LogP contribution in [0, 0.1) is 0 Å². The van der Waals surface area contributed by atoms with Crippen LogP contribution in [0.5, 0.6) is 0 Å². The molecule has 1 saturated carbocycles. The number of nitrogens with zero attached hydrogens (tertiary/aromatic N) is 1. The Kier molecular flexibility index (Phi) is 4.64. The topological polar surface area (TPSA) is 24.4 Å². The number of anilines is 1. The quantitative estimate of drug-likeness (QED) is 0.786. The number of benzene rings is 1. The summed E-state index contributed by atoms with van der Waals surface area (Å²) in [5.74, 6) is 0. The van der Waals surface area contributed by atoms with Crippen LogP contribution in [0.15, 0.2) is 46.6 Å². The lowest BCUT2D eigenvalue weighted by molar-refractivity contribution is 0.576.